The van der Waals surface area contributed by atoms with Gasteiger partial charge in [-0.1, -0.05) is 35.9 Å². The predicted octanol–water partition coefficient (Wildman–Crippen LogP) is 6.41. The summed E-state index contributed by atoms with van der Waals surface area (Å²) in [6.07, 6.45) is 5.07. The molecular formula is C27H22ClN3O3S. The number of carbonyl (C=O) groups excluding carboxylic acids is 2. The lowest BCUT2D eigenvalue weighted by molar-refractivity contribution is -0.123. The Balaban J connectivity index is 1.48. The minimum Gasteiger partial charge on any atom is -0.449 e. The first kappa shape index (κ1) is 23.2. The van der Waals surface area contributed by atoms with Crippen molar-refractivity contribution in [3.8, 4) is 0 Å². The van der Waals surface area contributed by atoms with Crippen molar-refractivity contribution in [2.24, 2.45) is 0 Å². The van der Waals surface area contributed by atoms with Gasteiger partial charge in [0.25, 0.3) is 5.91 Å². The molecule has 0 bridgehead atoms. The quantitative estimate of drug-likeness (QED) is 0.318. The lowest BCUT2D eigenvalue weighted by atomic mass is 9.86. The molecule has 1 N–H and O–H groups in total. The number of para-hydroxylation sites is 1. The number of amides is 1. The van der Waals surface area contributed by atoms with Crippen molar-refractivity contribution < 1.29 is 14.3 Å². The molecule has 3 heterocycles. The molecule has 1 aliphatic carbocycles. The van der Waals surface area contributed by atoms with E-state index < -0.39 is 18.0 Å². The monoisotopic (exact) mass is 503 g/mol. The van der Waals surface area contributed by atoms with Crippen LogP contribution in [0.2, 0.25) is 5.02 Å². The summed E-state index contributed by atoms with van der Waals surface area (Å²) in [4.78, 5) is 36.3. The molecule has 3 aromatic heterocycles. The molecule has 0 radical (unpaired) electrons. The van der Waals surface area contributed by atoms with Gasteiger partial charge in [-0.05, 0) is 73.0 Å². The van der Waals surface area contributed by atoms with E-state index in [-0.39, 0.29) is 0 Å². The van der Waals surface area contributed by atoms with Crippen LogP contribution in [0.4, 0.5) is 5.82 Å². The van der Waals surface area contributed by atoms with E-state index in [0.29, 0.717) is 22.8 Å². The topological polar surface area (TPSA) is 81.2 Å². The summed E-state index contributed by atoms with van der Waals surface area (Å²) in [7, 11) is 0. The van der Waals surface area contributed by atoms with Crippen molar-refractivity contribution in [3.05, 3.63) is 86.8 Å². The van der Waals surface area contributed by atoms with Crippen LogP contribution in [0, 0.1) is 0 Å². The number of nitrogens with one attached hydrogen (secondary N) is 1. The van der Waals surface area contributed by atoms with Gasteiger partial charge in [-0.15, -0.1) is 11.3 Å². The van der Waals surface area contributed by atoms with E-state index in [4.69, 9.17) is 21.3 Å². The smallest absolute Gasteiger partial charge is 0.339 e. The van der Waals surface area contributed by atoms with E-state index in [1.54, 1.807) is 30.4 Å². The van der Waals surface area contributed by atoms with E-state index >= 15 is 0 Å². The molecule has 8 heteroatoms. The van der Waals surface area contributed by atoms with Gasteiger partial charge >= 0.3 is 5.97 Å². The van der Waals surface area contributed by atoms with E-state index in [0.717, 1.165) is 45.5 Å². The van der Waals surface area contributed by atoms with Crippen LogP contribution in [0.3, 0.4) is 0 Å². The van der Waals surface area contributed by atoms with Crippen LogP contribution in [-0.2, 0) is 16.0 Å². The maximum absolute atomic E-state index is 13.5. The van der Waals surface area contributed by atoms with Crippen molar-refractivity contribution in [2.45, 2.75) is 32.3 Å². The lowest BCUT2D eigenvalue weighted by Crippen LogP contribution is -2.31. The van der Waals surface area contributed by atoms with Gasteiger partial charge in [-0.3, -0.25) is 4.79 Å². The zero-order valence-corrected chi connectivity index (χ0v) is 20.5. The second-order valence-electron chi connectivity index (χ2n) is 8.27. The number of nitrogens with zero attached hydrogens (tertiary/aromatic N) is 2. The molecule has 0 aliphatic heterocycles. The predicted molar refractivity (Wildman–Crippen MR) is 140 cm³/mol. The number of rotatable bonds is 5. The minimum atomic E-state index is -1.02. The maximum Gasteiger partial charge on any atom is 0.339 e. The molecule has 176 valence electrons. The molecule has 0 saturated heterocycles. The zero-order valence-electron chi connectivity index (χ0n) is 19.0. The van der Waals surface area contributed by atoms with Crippen molar-refractivity contribution in [2.75, 3.05) is 5.32 Å². The third-order valence-corrected chi connectivity index (χ3v) is 6.91. The number of anilines is 1. The molecule has 1 aliphatic rings. The number of aromatic nitrogens is 2. The summed E-state index contributed by atoms with van der Waals surface area (Å²) in [5.74, 6) is -0.681. The first-order chi connectivity index (χ1) is 17.0. The Morgan fingerprint density at radius 1 is 1.14 bits per heavy atom. The van der Waals surface area contributed by atoms with Gasteiger partial charge in [0.1, 0.15) is 5.82 Å². The molecule has 5 rings (SSSR count). The van der Waals surface area contributed by atoms with Crippen molar-refractivity contribution >= 4 is 63.2 Å². The molecule has 6 nitrogen and oxygen atoms in total. The van der Waals surface area contributed by atoms with E-state index in [1.807, 2.05) is 35.7 Å². The number of benzene rings is 1. The molecule has 1 unspecified atom stereocenters. The van der Waals surface area contributed by atoms with Crippen molar-refractivity contribution in [1.82, 2.24) is 9.97 Å². The van der Waals surface area contributed by atoms with Gasteiger partial charge in [-0.25, -0.2) is 14.8 Å². The van der Waals surface area contributed by atoms with Crippen LogP contribution in [0.25, 0.3) is 22.6 Å². The summed E-state index contributed by atoms with van der Waals surface area (Å²) >= 11 is 7.52. The summed E-state index contributed by atoms with van der Waals surface area (Å²) < 4.78 is 5.66. The molecule has 1 amide bonds. The summed E-state index contributed by atoms with van der Waals surface area (Å²) in [5.41, 5.74) is 4.01. The van der Waals surface area contributed by atoms with Gasteiger partial charge in [0.05, 0.1) is 21.8 Å². The average Bonchev–Trinajstić information content (AvgIpc) is 3.37. The fourth-order valence-electron chi connectivity index (χ4n) is 4.20. The molecule has 1 atom stereocenters. The Hall–Kier alpha value is -3.55. The number of fused-ring (bicyclic) bond motifs is 2. The molecule has 1 aromatic carbocycles. The number of carbonyl (C=O) groups is 2. The van der Waals surface area contributed by atoms with Gasteiger partial charge in [0, 0.05) is 16.5 Å². The molecule has 0 saturated carbocycles. The number of esters is 1. The van der Waals surface area contributed by atoms with Crippen LogP contribution >= 0.6 is 22.9 Å². The maximum atomic E-state index is 13.5. The number of thiophene rings is 1. The first-order valence-electron chi connectivity index (χ1n) is 11.3. The number of halogens is 1. The highest BCUT2D eigenvalue weighted by atomic mass is 35.5. The third kappa shape index (κ3) is 4.97. The SMILES string of the molecule is CC(OC(=O)c1c2c(nc3ccccc13)/C(=C\c1cccs1)CCC2)C(=O)Nc1ccc(Cl)cn1. The molecular weight excluding hydrogens is 482 g/mol. The fourth-order valence-corrected chi connectivity index (χ4v) is 5.00. The van der Waals surface area contributed by atoms with Crippen molar-refractivity contribution in [1.29, 1.82) is 0 Å². The summed E-state index contributed by atoms with van der Waals surface area (Å²) in [5, 5.41) is 5.88. The minimum absolute atomic E-state index is 0.331. The number of hydrogen-bond acceptors (Lipinski definition) is 6. The van der Waals surface area contributed by atoms with E-state index in [1.165, 1.54) is 6.20 Å². The number of hydrogen-bond donors (Lipinski definition) is 1. The van der Waals surface area contributed by atoms with Crippen LogP contribution in [0.15, 0.2) is 60.1 Å². The Kier molecular flexibility index (Phi) is 6.61. The number of allylic oxidation sites excluding steroid dienone is 1. The Bertz CT molecular complexity index is 1430. The van der Waals surface area contributed by atoms with E-state index in [9.17, 15) is 9.59 Å². The normalized spacial score (nSPS) is 15.0. The second-order valence-corrected chi connectivity index (χ2v) is 9.68. The van der Waals surface area contributed by atoms with Crippen molar-refractivity contribution in [3.63, 3.8) is 0 Å². The third-order valence-electron chi connectivity index (χ3n) is 5.87. The highest BCUT2D eigenvalue weighted by Crippen LogP contribution is 2.37. The van der Waals surface area contributed by atoms with Crippen LogP contribution < -0.4 is 5.32 Å². The fraction of sp³-hybridized carbons (Fsp3) is 0.185. The first-order valence-corrected chi connectivity index (χ1v) is 12.5. The number of ether oxygens (including phenoxy) is 1. The highest BCUT2D eigenvalue weighted by Gasteiger charge is 2.28. The highest BCUT2D eigenvalue weighted by molar-refractivity contribution is 7.10. The van der Waals surface area contributed by atoms with Gasteiger partial charge in [0.15, 0.2) is 6.10 Å². The zero-order chi connectivity index (χ0) is 24.4. The lowest BCUT2D eigenvalue weighted by Gasteiger charge is -2.23. The molecule has 4 aromatic rings. The molecule has 0 spiro atoms. The Morgan fingerprint density at radius 3 is 2.77 bits per heavy atom. The Labute approximate surface area is 211 Å². The number of pyridine rings is 2. The standard InChI is InChI=1S/C27H22ClN3O3S/c1-16(26(32)31-23-12-11-18(28)15-29-23)34-27(33)24-20-8-2-3-10-22(20)30-25-17(6-4-9-21(24)25)14-19-7-5-13-35-19/h2-3,5,7-8,10-16H,4,6,9H2,1H3,(H,29,31,32)/b17-14-. The van der Waals surface area contributed by atoms with Crippen LogP contribution in [-0.4, -0.2) is 27.9 Å². The van der Waals surface area contributed by atoms with Gasteiger partial charge < -0.3 is 10.1 Å². The van der Waals surface area contributed by atoms with Crippen LogP contribution in [0.1, 0.15) is 46.3 Å². The van der Waals surface area contributed by atoms with Gasteiger partial charge in [0.2, 0.25) is 0 Å². The summed E-state index contributed by atoms with van der Waals surface area (Å²) in [6.45, 7) is 1.54. The Morgan fingerprint density at radius 2 is 2.00 bits per heavy atom. The molecule has 0 fully saturated rings. The van der Waals surface area contributed by atoms with E-state index in [2.05, 4.69) is 22.4 Å². The van der Waals surface area contributed by atoms with Gasteiger partial charge in [-0.2, -0.15) is 0 Å². The van der Waals surface area contributed by atoms with Crippen LogP contribution in [0.5, 0.6) is 0 Å². The largest absolute Gasteiger partial charge is 0.449 e. The average molecular weight is 504 g/mol. The molecule has 35 heavy (non-hydrogen) atoms. The second kappa shape index (κ2) is 9.98. The summed E-state index contributed by atoms with van der Waals surface area (Å²) in [6, 6.07) is 14.8.